The third-order valence-electron chi connectivity index (χ3n) is 5.05. The van der Waals surface area contributed by atoms with Gasteiger partial charge in [-0.25, -0.2) is 9.79 Å². The van der Waals surface area contributed by atoms with Gasteiger partial charge in [-0.2, -0.15) is 0 Å². The lowest BCUT2D eigenvalue weighted by atomic mass is 10.1. The Morgan fingerprint density at radius 2 is 1.78 bits per heavy atom. The Morgan fingerprint density at radius 3 is 2.50 bits per heavy atom. The van der Waals surface area contributed by atoms with E-state index in [1.165, 1.54) is 5.56 Å². The van der Waals surface area contributed by atoms with Crippen LogP contribution in [-0.4, -0.2) is 19.0 Å². The van der Waals surface area contributed by atoms with Gasteiger partial charge < -0.3 is 14.2 Å². The molecule has 5 nitrogen and oxygen atoms in total. The molecule has 1 heterocycles. The number of ether oxygens (including phenoxy) is 3. The summed E-state index contributed by atoms with van der Waals surface area (Å²) in [6, 6.07) is 19.0. The van der Waals surface area contributed by atoms with E-state index in [4.69, 9.17) is 25.8 Å². The molecule has 0 atom stereocenters. The van der Waals surface area contributed by atoms with Gasteiger partial charge in [0.15, 0.2) is 17.2 Å². The van der Waals surface area contributed by atoms with Crippen LogP contribution in [0.25, 0.3) is 6.08 Å². The summed E-state index contributed by atoms with van der Waals surface area (Å²) < 4.78 is 16.7. The minimum atomic E-state index is -0.518. The highest BCUT2D eigenvalue weighted by Gasteiger charge is 2.24. The number of hydrogen-bond donors (Lipinski definition) is 0. The van der Waals surface area contributed by atoms with Crippen LogP contribution in [-0.2, 0) is 16.1 Å². The van der Waals surface area contributed by atoms with E-state index >= 15 is 0 Å². The Labute approximate surface area is 191 Å². The van der Waals surface area contributed by atoms with Gasteiger partial charge in [0.05, 0.1) is 7.11 Å². The summed E-state index contributed by atoms with van der Waals surface area (Å²) in [5.74, 6) is 0.888. The summed E-state index contributed by atoms with van der Waals surface area (Å²) in [5, 5.41) is 0.588. The molecule has 0 radical (unpaired) electrons. The Bertz CT molecular complexity index is 1230. The van der Waals surface area contributed by atoms with Crippen LogP contribution in [0.5, 0.6) is 11.5 Å². The first-order chi connectivity index (χ1) is 15.4. The lowest BCUT2D eigenvalue weighted by molar-refractivity contribution is -0.129. The van der Waals surface area contributed by atoms with Gasteiger partial charge in [-0.05, 0) is 60.9 Å². The van der Waals surface area contributed by atoms with Gasteiger partial charge in [-0.3, -0.25) is 0 Å². The van der Waals surface area contributed by atoms with Crippen molar-refractivity contribution in [3.63, 3.8) is 0 Å². The maximum atomic E-state index is 12.3. The van der Waals surface area contributed by atoms with Crippen molar-refractivity contribution < 1.29 is 19.0 Å². The second-order valence-corrected chi connectivity index (χ2v) is 7.89. The van der Waals surface area contributed by atoms with E-state index in [-0.39, 0.29) is 11.6 Å². The minimum absolute atomic E-state index is 0.201. The fourth-order valence-corrected chi connectivity index (χ4v) is 3.34. The number of cyclic esters (lactones) is 1. The lowest BCUT2D eigenvalue weighted by Gasteiger charge is -2.11. The number of nitrogens with zero attached hydrogens (tertiary/aromatic N) is 1. The largest absolute Gasteiger partial charge is 0.493 e. The maximum Gasteiger partial charge on any atom is 0.363 e. The standard InChI is InChI=1S/C26H22ClNO4/c1-16-4-7-18(8-5-16)15-31-23-11-9-19(13-24(23)30-3)12-22-26(29)32-25(28-22)20-10-6-17(2)21(27)14-20/h4-14H,15H2,1-3H3/b22-12+. The topological polar surface area (TPSA) is 57.1 Å². The number of aliphatic imine (C=N–C) groups is 1. The van der Waals surface area contributed by atoms with Crippen molar-refractivity contribution >= 4 is 29.5 Å². The molecule has 0 bridgehead atoms. The fourth-order valence-electron chi connectivity index (χ4n) is 3.15. The fraction of sp³-hybridized carbons (Fsp3) is 0.154. The van der Waals surface area contributed by atoms with Crippen LogP contribution in [0.3, 0.4) is 0 Å². The van der Waals surface area contributed by atoms with Crippen molar-refractivity contribution in [2.75, 3.05) is 7.11 Å². The second kappa shape index (κ2) is 9.28. The number of esters is 1. The number of halogens is 1. The first-order valence-electron chi connectivity index (χ1n) is 10.1. The van der Waals surface area contributed by atoms with Crippen molar-refractivity contribution in [1.82, 2.24) is 0 Å². The Balaban J connectivity index is 1.54. The van der Waals surface area contributed by atoms with Crippen molar-refractivity contribution in [3.05, 3.63) is 99.2 Å². The molecule has 0 aromatic heterocycles. The molecule has 32 heavy (non-hydrogen) atoms. The maximum absolute atomic E-state index is 12.3. The average molecular weight is 448 g/mol. The van der Waals surface area contributed by atoms with Crippen LogP contribution in [0.15, 0.2) is 71.4 Å². The molecule has 0 aliphatic carbocycles. The predicted octanol–water partition coefficient (Wildman–Crippen LogP) is 5.89. The minimum Gasteiger partial charge on any atom is -0.493 e. The molecule has 3 aromatic carbocycles. The molecule has 1 aliphatic rings. The molecular formula is C26H22ClNO4. The number of benzene rings is 3. The zero-order chi connectivity index (χ0) is 22.7. The van der Waals surface area contributed by atoms with Gasteiger partial charge in [0.2, 0.25) is 5.90 Å². The molecule has 0 saturated carbocycles. The van der Waals surface area contributed by atoms with Gasteiger partial charge >= 0.3 is 5.97 Å². The average Bonchev–Trinajstić information content (AvgIpc) is 3.15. The first kappa shape index (κ1) is 21.7. The summed E-state index contributed by atoms with van der Waals surface area (Å²) in [6.45, 7) is 4.38. The Kier molecular flexibility index (Phi) is 6.28. The van der Waals surface area contributed by atoms with Gasteiger partial charge in [-0.1, -0.05) is 53.6 Å². The number of carbonyl (C=O) groups is 1. The summed E-state index contributed by atoms with van der Waals surface area (Å²) in [5.41, 5.74) is 4.79. The molecule has 3 aromatic rings. The molecule has 0 fully saturated rings. The van der Waals surface area contributed by atoms with Crippen LogP contribution in [0, 0.1) is 13.8 Å². The van der Waals surface area contributed by atoms with E-state index in [0.717, 1.165) is 16.7 Å². The van der Waals surface area contributed by atoms with E-state index in [2.05, 4.69) is 4.99 Å². The summed E-state index contributed by atoms with van der Waals surface area (Å²) in [7, 11) is 1.58. The van der Waals surface area contributed by atoms with Crippen LogP contribution < -0.4 is 9.47 Å². The van der Waals surface area contributed by atoms with Crippen LogP contribution in [0.1, 0.15) is 27.8 Å². The van der Waals surface area contributed by atoms with Gasteiger partial charge in [0.25, 0.3) is 0 Å². The molecule has 0 saturated heterocycles. The molecule has 0 unspecified atom stereocenters. The monoisotopic (exact) mass is 447 g/mol. The van der Waals surface area contributed by atoms with E-state index < -0.39 is 5.97 Å². The van der Waals surface area contributed by atoms with Crippen molar-refractivity contribution in [1.29, 1.82) is 0 Å². The van der Waals surface area contributed by atoms with Crippen LogP contribution in [0.2, 0.25) is 5.02 Å². The highest BCUT2D eigenvalue weighted by molar-refractivity contribution is 6.31. The normalized spacial score (nSPS) is 14.3. The van der Waals surface area contributed by atoms with Gasteiger partial charge in [0, 0.05) is 10.6 Å². The van der Waals surface area contributed by atoms with Gasteiger partial charge in [-0.15, -0.1) is 0 Å². The summed E-state index contributed by atoms with van der Waals surface area (Å²) >= 11 is 6.18. The smallest absolute Gasteiger partial charge is 0.363 e. The number of hydrogen-bond acceptors (Lipinski definition) is 5. The number of methoxy groups -OCH3 is 1. The number of aryl methyl sites for hydroxylation is 2. The van der Waals surface area contributed by atoms with Crippen molar-refractivity contribution in [2.24, 2.45) is 4.99 Å². The molecule has 0 amide bonds. The summed E-state index contributed by atoms with van der Waals surface area (Å²) in [4.78, 5) is 16.7. The first-order valence-corrected chi connectivity index (χ1v) is 10.5. The Hall–Kier alpha value is -3.57. The highest BCUT2D eigenvalue weighted by Crippen LogP contribution is 2.30. The van der Waals surface area contributed by atoms with E-state index in [1.54, 1.807) is 25.3 Å². The third kappa shape index (κ3) is 4.84. The predicted molar refractivity (Wildman–Crippen MR) is 125 cm³/mol. The third-order valence-corrected chi connectivity index (χ3v) is 5.45. The molecular weight excluding hydrogens is 426 g/mol. The van der Waals surface area contributed by atoms with Crippen molar-refractivity contribution in [2.45, 2.75) is 20.5 Å². The zero-order valence-electron chi connectivity index (χ0n) is 18.0. The summed E-state index contributed by atoms with van der Waals surface area (Å²) in [6.07, 6.45) is 1.65. The highest BCUT2D eigenvalue weighted by atomic mass is 35.5. The molecule has 4 rings (SSSR count). The molecule has 1 aliphatic heterocycles. The van der Waals surface area contributed by atoms with Crippen LogP contribution in [0.4, 0.5) is 0 Å². The van der Waals surface area contributed by atoms with E-state index in [1.807, 2.05) is 62.4 Å². The zero-order valence-corrected chi connectivity index (χ0v) is 18.8. The molecule has 162 valence electrons. The molecule has 6 heteroatoms. The number of carbonyl (C=O) groups excluding carboxylic acids is 1. The number of rotatable bonds is 6. The van der Waals surface area contributed by atoms with Crippen molar-refractivity contribution in [3.8, 4) is 11.5 Å². The van der Waals surface area contributed by atoms with Crippen LogP contribution >= 0.6 is 11.6 Å². The Morgan fingerprint density at radius 1 is 1.00 bits per heavy atom. The second-order valence-electron chi connectivity index (χ2n) is 7.48. The lowest BCUT2D eigenvalue weighted by Crippen LogP contribution is -2.05. The van der Waals surface area contributed by atoms with E-state index in [9.17, 15) is 4.79 Å². The molecule has 0 spiro atoms. The quantitative estimate of drug-likeness (QED) is 0.349. The van der Waals surface area contributed by atoms with E-state index in [0.29, 0.717) is 28.7 Å². The SMILES string of the molecule is COc1cc(/C=C2/N=C(c3ccc(C)c(Cl)c3)OC2=O)ccc1OCc1ccc(C)cc1. The van der Waals surface area contributed by atoms with Gasteiger partial charge in [0.1, 0.15) is 6.61 Å². The molecule has 0 N–H and O–H groups in total.